The maximum Gasteiger partial charge on any atom is 0.269 e. The fourth-order valence-electron chi connectivity index (χ4n) is 3.04. The first-order chi connectivity index (χ1) is 16.0. The molecular weight excluding hydrogens is 444 g/mol. The molecule has 33 heavy (non-hydrogen) atoms. The lowest BCUT2D eigenvalue weighted by Crippen LogP contribution is -2.41. The number of carbonyl (C=O) groups excluding carboxylic acids is 2. The van der Waals surface area contributed by atoms with E-state index in [-0.39, 0.29) is 12.3 Å². The van der Waals surface area contributed by atoms with Crippen molar-refractivity contribution in [2.75, 3.05) is 14.2 Å². The number of rotatable bonds is 9. The highest BCUT2D eigenvalue weighted by atomic mass is 35.5. The van der Waals surface area contributed by atoms with Crippen molar-refractivity contribution in [3.8, 4) is 17.2 Å². The molecule has 0 saturated heterocycles. The number of benzene rings is 3. The second-order valence-electron chi connectivity index (χ2n) is 7.12. The molecule has 0 fully saturated rings. The summed E-state index contributed by atoms with van der Waals surface area (Å²) in [5.41, 5.74) is 7.03. The van der Waals surface area contributed by atoms with E-state index in [0.717, 1.165) is 11.1 Å². The van der Waals surface area contributed by atoms with Gasteiger partial charge in [-0.05, 0) is 72.1 Å². The third kappa shape index (κ3) is 7.15. The van der Waals surface area contributed by atoms with Gasteiger partial charge in [-0.15, -0.1) is 0 Å². The molecule has 0 aliphatic rings. The second kappa shape index (κ2) is 11.8. The Balaban J connectivity index is 1.45. The minimum atomic E-state index is -0.410. The number of amides is 2. The fraction of sp³-hybridized carbons (Fsp3) is 0.200. The molecule has 0 aliphatic carbocycles. The van der Waals surface area contributed by atoms with Gasteiger partial charge in [0.05, 0.1) is 14.2 Å². The quantitative estimate of drug-likeness (QED) is 0.456. The average molecular weight is 469 g/mol. The zero-order chi connectivity index (χ0) is 23.6. The van der Waals surface area contributed by atoms with Crippen LogP contribution in [0.5, 0.6) is 17.2 Å². The number of carbonyl (C=O) groups is 2. The Morgan fingerprint density at radius 1 is 0.848 bits per heavy atom. The normalized spacial score (nSPS) is 10.3. The van der Waals surface area contributed by atoms with Crippen LogP contribution >= 0.6 is 11.6 Å². The Hall–Kier alpha value is -3.71. The number of hydrogen-bond acceptors (Lipinski definition) is 5. The molecular formula is C25H25ClN2O5. The highest BCUT2D eigenvalue weighted by Crippen LogP contribution is 2.25. The van der Waals surface area contributed by atoms with E-state index in [2.05, 4.69) is 10.9 Å². The van der Waals surface area contributed by atoms with Crippen LogP contribution in [-0.2, 0) is 17.8 Å². The molecule has 0 spiro atoms. The van der Waals surface area contributed by atoms with Crippen LogP contribution in [0, 0.1) is 0 Å². The van der Waals surface area contributed by atoms with E-state index in [1.807, 2.05) is 6.07 Å². The van der Waals surface area contributed by atoms with Crippen LogP contribution in [0.2, 0.25) is 5.02 Å². The first kappa shape index (κ1) is 23.9. The molecule has 3 rings (SSSR count). The van der Waals surface area contributed by atoms with Gasteiger partial charge in [-0.1, -0.05) is 23.7 Å². The van der Waals surface area contributed by atoms with Gasteiger partial charge >= 0.3 is 0 Å². The van der Waals surface area contributed by atoms with Crippen LogP contribution in [-0.4, -0.2) is 26.0 Å². The predicted octanol–water partition coefficient (Wildman–Crippen LogP) is 4.33. The fourth-order valence-corrected chi connectivity index (χ4v) is 3.16. The van der Waals surface area contributed by atoms with E-state index in [1.54, 1.807) is 74.9 Å². The van der Waals surface area contributed by atoms with Crippen molar-refractivity contribution in [3.63, 3.8) is 0 Å². The van der Waals surface area contributed by atoms with E-state index >= 15 is 0 Å². The molecule has 0 unspecified atom stereocenters. The van der Waals surface area contributed by atoms with Crippen molar-refractivity contribution in [1.29, 1.82) is 0 Å². The van der Waals surface area contributed by atoms with Crippen molar-refractivity contribution in [3.05, 3.63) is 88.4 Å². The first-order valence-electron chi connectivity index (χ1n) is 10.3. The van der Waals surface area contributed by atoms with Crippen LogP contribution < -0.4 is 25.1 Å². The molecule has 2 amide bonds. The topological polar surface area (TPSA) is 85.9 Å². The Morgan fingerprint density at radius 3 is 2.21 bits per heavy atom. The molecule has 3 aromatic carbocycles. The van der Waals surface area contributed by atoms with Gasteiger partial charge in [-0.25, -0.2) is 0 Å². The van der Waals surface area contributed by atoms with Gasteiger partial charge in [0.2, 0.25) is 5.91 Å². The summed E-state index contributed by atoms with van der Waals surface area (Å²) in [5, 5.41) is 0.643. The first-order valence-corrected chi connectivity index (χ1v) is 10.6. The molecule has 2 N–H and O–H groups in total. The summed E-state index contributed by atoms with van der Waals surface area (Å²) in [6.45, 7) is 0.355. The molecule has 0 radical (unpaired) electrons. The maximum absolute atomic E-state index is 12.3. The van der Waals surface area contributed by atoms with Crippen molar-refractivity contribution < 1.29 is 23.8 Å². The molecule has 0 heterocycles. The summed E-state index contributed by atoms with van der Waals surface area (Å²) >= 11 is 5.86. The molecule has 0 aliphatic heterocycles. The number of nitrogens with one attached hydrogen (secondary N) is 2. The summed E-state index contributed by atoms with van der Waals surface area (Å²) in [6.07, 6.45) is 0.606. The van der Waals surface area contributed by atoms with Crippen LogP contribution in [0.25, 0.3) is 0 Å². The zero-order valence-corrected chi connectivity index (χ0v) is 19.1. The molecule has 7 nitrogen and oxygen atoms in total. The average Bonchev–Trinajstić information content (AvgIpc) is 2.85. The van der Waals surface area contributed by atoms with Gasteiger partial charge in [0, 0.05) is 17.0 Å². The standard InChI is InChI=1S/C25H25ClN2O5/c1-31-22-12-13-23(32-2)19(15-22)7-14-24(29)27-28-25(30)18-5-3-17(4-6-18)16-33-21-10-8-20(26)9-11-21/h3-6,8-13,15H,7,14,16H2,1-2H3,(H,27,29)(H,28,30). The van der Waals surface area contributed by atoms with Gasteiger partial charge in [0.15, 0.2) is 0 Å². The lowest BCUT2D eigenvalue weighted by atomic mass is 10.1. The summed E-state index contributed by atoms with van der Waals surface area (Å²) < 4.78 is 16.2. The number of halogens is 1. The van der Waals surface area contributed by atoms with Crippen molar-refractivity contribution in [2.45, 2.75) is 19.4 Å². The molecule has 172 valence electrons. The lowest BCUT2D eigenvalue weighted by molar-refractivity contribution is -0.121. The van der Waals surface area contributed by atoms with Gasteiger partial charge in [-0.2, -0.15) is 0 Å². The summed E-state index contributed by atoms with van der Waals surface area (Å²) in [4.78, 5) is 24.5. The minimum absolute atomic E-state index is 0.171. The third-order valence-electron chi connectivity index (χ3n) is 4.86. The number of ether oxygens (including phenoxy) is 3. The number of methoxy groups -OCH3 is 2. The lowest BCUT2D eigenvalue weighted by Gasteiger charge is -2.11. The minimum Gasteiger partial charge on any atom is -0.497 e. The maximum atomic E-state index is 12.3. The van der Waals surface area contributed by atoms with Crippen LogP contribution in [0.15, 0.2) is 66.7 Å². The highest BCUT2D eigenvalue weighted by Gasteiger charge is 2.10. The second-order valence-corrected chi connectivity index (χ2v) is 7.56. The molecule has 8 heteroatoms. The van der Waals surface area contributed by atoms with E-state index in [1.165, 1.54) is 0 Å². The number of hydrazine groups is 1. The number of aryl methyl sites for hydroxylation is 1. The van der Waals surface area contributed by atoms with Gasteiger partial charge < -0.3 is 14.2 Å². The monoisotopic (exact) mass is 468 g/mol. The summed E-state index contributed by atoms with van der Waals surface area (Å²) in [6, 6.07) is 19.4. The molecule has 0 aromatic heterocycles. The van der Waals surface area contributed by atoms with Crippen LogP contribution in [0.4, 0.5) is 0 Å². The molecule has 0 bridgehead atoms. The summed E-state index contributed by atoms with van der Waals surface area (Å²) in [7, 11) is 3.15. The molecule has 0 saturated carbocycles. The smallest absolute Gasteiger partial charge is 0.269 e. The van der Waals surface area contributed by atoms with E-state index in [9.17, 15) is 9.59 Å². The van der Waals surface area contributed by atoms with Crippen molar-refractivity contribution in [1.82, 2.24) is 10.9 Å². The van der Waals surface area contributed by atoms with Gasteiger partial charge in [0.25, 0.3) is 5.91 Å². The van der Waals surface area contributed by atoms with Crippen LogP contribution in [0.1, 0.15) is 27.9 Å². The van der Waals surface area contributed by atoms with Crippen LogP contribution in [0.3, 0.4) is 0 Å². The highest BCUT2D eigenvalue weighted by molar-refractivity contribution is 6.30. The molecule has 3 aromatic rings. The Bertz CT molecular complexity index is 1080. The Morgan fingerprint density at radius 2 is 1.55 bits per heavy atom. The Kier molecular flexibility index (Phi) is 8.55. The zero-order valence-electron chi connectivity index (χ0n) is 18.4. The van der Waals surface area contributed by atoms with Gasteiger partial charge in [-0.3, -0.25) is 20.4 Å². The van der Waals surface area contributed by atoms with E-state index in [0.29, 0.717) is 40.9 Å². The predicted molar refractivity (Wildman–Crippen MR) is 126 cm³/mol. The van der Waals surface area contributed by atoms with Crippen molar-refractivity contribution in [2.24, 2.45) is 0 Å². The Labute approximate surface area is 197 Å². The largest absolute Gasteiger partial charge is 0.497 e. The third-order valence-corrected chi connectivity index (χ3v) is 5.11. The van der Waals surface area contributed by atoms with Gasteiger partial charge in [0.1, 0.15) is 23.9 Å². The van der Waals surface area contributed by atoms with E-state index in [4.69, 9.17) is 25.8 Å². The van der Waals surface area contributed by atoms with E-state index < -0.39 is 5.91 Å². The van der Waals surface area contributed by atoms with Crippen molar-refractivity contribution >= 4 is 23.4 Å². The SMILES string of the molecule is COc1ccc(OC)c(CCC(=O)NNC(=O)c2ccc(COc3ccc(Cl)cc3)cc2)c1. The molecule has 0 atom stereocenters. The summed E-state index contributed by atoms with van der Waals surface area (Å²) in [5.74, 6) is 1.33. The number of hydrogen-bond donors (Lipinski definition) is 2.